The monoisotopic (exact) mass is 381 g/mol. The van der Waals surface area contributed by atoms with E-state index in [0.717, 1.165) is 32.8 Å². The van der Waals surface area contributed by atoms with E-state index in [1.807, 2.05) is 13.0 Å². The van der Waals surface area contributed by atoms with Crippen LogP contribution in [0.4, 0.5) is 13.2 Å². The van der Waals surface area contributed by atoms with Gasteiger partial charge in [-0.2, -0.15) is 17.5 Å². The van der Waals surface area contributed by atoms with Crippen molar-refractivity contribution in [2.75, 3.05) is 0 Å². The number of rotatable bonds is 2. The second-order valence-electron chi connectivity index (χ2n) is 5.44. The first kappa shape index (κ1) is 16.2. The van der Waals surface area contributed by atoms with Gasteiger partial charge < -0.3 is 4.74 Å². The number of fused-ring (bicyclic) bond motifs is 2. The fraction of sp³-hybridized carbons (Fsp3) is 0.188. The SMILES string of the molecule is Cc1cc(C(F)(F)F)c2c(Oc3ccc4sc(C)nc4c3)nsc2n1. The number of benzene rings is 1. The summed E-state index contributed by atoms with van der Waals surface area (Å²) < 4.78 is 50.8. The van der Waals surface area contributed by atoms with E-state index in [4.69, 9.17) is 4.74 Å². The Balaban J connectivity index is 1.83. The van der Waals surface area contributed by atoms with Crippen molar-refractivity contribution in [3.8, 4) is 11.6 Å². The second kappa shape index (κ2) is 5.63. The Bertz CT molecular complexity index is 1100. The molecule has 0 fully saturated rings. The third-order valence-corrected chi connectivity index (χ3v) is 5.21. The van der Waals surface area contributed by atoms with Crippen LogP contribution in [0.2, 0.25) is 0 Å². The first-order valence-corrected chi connectivity index (χ1v) is 8.79. The molecule has 0 saturated carbocycles. The summed E-state index contributed by atoms with van der Waals surface area (Å²) in [6.07, 6.45) is -4.51. The maximum absolute atomic E-state index is 13.4. The number of ether oxygens (including phenoxy) is 1. The molecule has 0 amide bonds. The van der Waals surface area contributed by atoms with Crippen molar-refractivity contribution in [3.05, 3.63) is 40.5 Å². The Hall–Kier alpha value is -2.26. The molecule has 0 atom stereocenters. The van der Waals surface area contributed by atoms with Gasteiger partial charge >= 0.3 is 6.18 Å². The Labute approximate surface area is 148 Å². The van der Waals surface area contributed by atoms with E-state index in [-0.39, 0.29) is 21.8 Å². The number of hydrogen-bond acceptors (Lipinski definition) is 6. The topological polar surface area (TPSA) is 47.9 Å². The van der Waals surface area contributed by atoms with Crippen LogP contribution in [0.15, 0.2) is 24.3 Å². The molecular weight excluding hydrogens is 371 g/mol. The minimum atomic E-state index is -4.51. The van der Waals surface area contributed by atoms with Gasteiger partial charge in [0.15, 0.2) is 0 Å². The molecule has 25 heavy (non-hydrogen) atoms. The molecular formula is C16H10F3N3OS2. The maximum atomic E-state index is 13.4. The predicted octanol–water partition coefficient (Wildman–Crippen LogP) is 5.73. The van der Waals surface area contributed by atoms with Gasteiger partial charge in [-0.25, -0.2) is 9.97 Å². The summed E-state index contributed by atoms with van der Waals surface area (Å²) in [7, 11) is 0. The van der Waals surface area contributed by atoms with E-state index in [1.165, 1.54) is 18.3 Å². The maximum Gasteiger partial charge on any atom is 0.417 e. The second-order valence-corrected chi connectivity index (χ2v) is 7.43. The van der Waals surface area contributed by atoms with Gasteiger partial charge in [-0.3, -0.25) is 0 Å². The molecule has 4 rings (SSSR count). The van der Waals surface area contributed by atoms with Crippen LogP contribution in [0.3, 0.4) is 0 Å². The number of halogens is 3. The van der Waals surface area contributed by atoms with Crippen LogP contribution in [0.1, 0.15) is 16.3 Å². The van der Waals surface area contributed by atoms with Crippen LogP contribution >= 0.6 is 22.9 Å². The molecule has 0 aliphatic rings. The average molecular weight is 381 g/mol. The predicted molar refractivity (Wildman–Crippen MR) is 91.6 cm³/mol. The molecule has 0 aliphatic carbocycles. The number of alkyl halides is 3. The Morgan fingerprint density at radius 2 is 1.88 bits per heavy atom. The largest absolute Gasteiger partial charge is 0.437 e. The molecule has 4 aromatic rings. The van der Waals surface area contributed by atoms with Crippen LogP contribution in [0.25, 0.3) is 20.4 Å². The van der Waals surface area contributed by atoms with Gasteiger partial charge in [0, 0.05) is 11.8 Å². The number of aromatic nitrogens is 3. The summed E-state index contributed by atoms with van der Waals surface area (Å²) >= 11 is 2.43. The van der Waals surface area contributed by atoms with Gasteiger partial charge in [0.1, 0.15) is 10.6 Å². The van der Waals surface area contributed by atoms with Crippen LogP contribution in [0.5, 0.6) is 11.6 Å². The van der Waals surface area contributed by atoms with Crippen molar-refractivity contribution < 1.29 is 17.9 Å². The van der Waals surface area contributed by atoms with Crippen LogP contribution in [-0.4, -0.2) is 14.3 Å². The molecule has 0 saturated heterocycles. The van der Waals surface area contributed by atoms with E-state index in [0.29, 0.717) is 5.75 Å². The Morgan fingerprint density at radius 1 is 1.08 bits per heavy atom. The van der Waals surface area contributed by atoms with Crippen LogP contribution in [-0.2, 0) is 6.18 Å². The van der Waals surface area contributed by atoms with E-state index in [9.17, 15) is 13.2 Å². The van der Waals surface area contributed by atoms with Crippen LogP contribution < -0.4 is 4.74 Å². The quantitative estimate of drug-likeness (QED) is 0.445. The third-order valence-electron chi connectivity index (χ3n) is 3.53. The van der Waals surface area contributed by atoms with Gasteiger partial charge in [0.05, 0.1) is 26.2 Å². The van der Waals surface area contributed by atoms with Crippen molar-refractivity contribution in [1.29, 1.82) is 0 Å². The highest BCUT2D eigenvalue weighted by Gasteiger charge is 2.35. The van der Waals surface area contributed by atoms with E-state index in [2.05, 4.69) is 14.3 Å². The fourth-order valence-corrected chi connectivity index (χ4v) is 4.12. The van der Waals surface area contributed by atoms with Crippen molar-refractivity contribution in [3.63, 3.8) is 0 Å². The molecule has 0 bridgehead atoms. The summed E-state index contributed by atoms with van der Waals surface area (Å²) in [5.41, 5.74) is 0.239. The lowest BCUT2D eigenvalue weighted by molar-refractivity contribution is -0.136. The van der Waals surface area contributed by atoms with Crippen molar-refractivity contribution >= 4 is 43.3 Å². The first-order chi connectivity index (χ1) is 11.8. The number of hydrogen-bond donors (Lipinski definition) is 0. The molecule has 4 nitrogen and oxygen atoms in total. The normalized spacial score (nSPS) is 12.2. The lowest BCUT2D eigenvalue weighted by Gasteiger charge is -2.10. The molecule has 128 valence electrons. The van der Waals surface area contributed by atoms with Gasteiger partial charge in [-0.05, 0) is 43.6 Å². The summed E-state index contributed by atoms with van der Waals surface area (Å²) in [5.74, 6) is 0.296. The molecule has 9 heteroatoms. The van der Waals surface area contributed by atoms with Gasteiger partial charge in [-0.15, -0.1) is 11.3 Å². The molecule has 0 aliphatic heterocycles. The zero-order valence-corrected chi connectivity index (χ0v) is 14.6. The zero-order chi connectivity index (χ0) is 17.8. The van der Waals surface area contributed by atoms with E-state index in [1.54, 1.807) is 12.1 Å². The molecule has 0 spiro atoms. The highest BCUT2D eigenvalue weighted by molar-refractivity contribution is 7.18. The van der Waals surface area contributed by atoms with Gasteiger partial charge in [-0.1, -0.05) is 0 Å². The highest BCUT2D eigenvalue weighted by atomic mass is 32.1. The fourth-order valence-electron chi connectivity index (χ4n) is 2.54. The zero-order valence-electron chi connectivity index (χ0n) is 13.0. The average Bonchev–Trinajstić information content (AvgIpc) is 3.08. The number of thiazole rings is 1. The molecule has 0 radical (unpaired) electrons. The summed E-state index contributed by atoms with van der Waals surface area (Å²) in [6, 6.07) is 6.23. The molecule has 3 aromatic heterocycles. The third kappa shape index (κ3) is 2.93. The smallest absolute Gasteiger partial charge is 0.417 e. The minimum Gasteiger partial charge on any atom is -0.437 e. The molecule has 0 unspecified atom stereocenters. The highest BCUT2D eigenvalue weighted by Crippen LogP contribution is 2.41. The molecule has 1 aromatic carbocycles. The Kier molecular flexibility index (Phi) is 3.66. The van der Waals surface area contributed by atoms with Crippen LogP contribution in [0, 0.1) is 13.8 Å². The standard InChI is InChI=1S/C16H10F3N3OS2/c1-7-5-10(16(17,18)19)13-14(22-25-15(13)20-7)23-9-3-4-12-11(6-9)21-8(2)24-12/h3-6H,1-2H3. The number of nitrogens with zero attached hydrogens (tertiary/aromatic N) is 3. The first-order valence-electron chi connectivity index (χ1n) is 7.20. The summed E-state index contributed by atoms with van der Waals surface area (Å²) in [6.45, 7) is 3.41. The lowest BCUT2D eigenvalue weighted by atomic mass is 10.1. The Morgan fingerprint density at radius 3 is 2.64 bits per heavy atom. The summed E-state index contributed by atoms with van der Waals surface area (Å²) in [4.78, 5) is 8.69. The lowest BCUT2D eigenvalue weighted by Crippen LogP contribution is -2.07. The minimum absolute atomic E-state index is 0.0915. The van der Waals surface area contributed by atoms with E-state index >= 15 is 0 Å². The van der Waals surface area contributed by atoms with Crippen molar-refractivity contribution in [1.82, 2.24) is 14.3 Å². The van der Waals surface area contributed by atoms with Crippen molar-refractivity contribution in [2.24, 2.45) is 0 Å². The van der Waals surface area contributed by atoms with Gasteiger partial charge in [0.25, 0.3) is 0 Å². The van der Waals surface area contributed by atoms with E-state index < -0.39 is 11.7 Å². The van der Waals surface area contributed by atoms with Gasteiger partial charge in [0.2, 0.25) is 5.88 Å². The summed E-state index contributed by atoms with van der Waals surface area (Å²) in [5, 5.41) is 0.794. The number of aryl methyl sites for hydroxylation is 2. The van der Waals surface area contributed by atoms with Crippen molar-refractivity contribution in [2.45, 2.75) is 20.0 Å². The number of pyridine rings is 1. The molecule has 3 heterocycles. The molecule has 0 N–H and O–H groups in total.